The van der Waals surface area contributed by atoms with Gasteiger partial charge in [-0.3, -0.25) is 4.90 Å². The van der Waals surface area contributed by atoms with Gasteiger partial charge in [-0.05, 0) is 43.6 Å². The molecule has 0 bridgehead atoms. The molecule has 0 amide bonds. The van der Waals surface area contributed by atoms with Crippen molar-refractivity contribution in [1.82, 2.24) is 10.1 Å². The van der Waals surface area contributed by atoms with Crippen molar-refractivity contribution in [3.63, 3.8) is 0 Å². The summed E-state index contributed by atoms with van der Waals surface area (Å²) in [5, 5.41) is 4.89. The molecule has 2 atom stereocenters. The summed E-state index contributed by atoms with van der Waals surface area (Å²) in [5.74, 6) is 0.614. The molecule has 3 rings (SSSR count). The first kappa shape index (κ1) is 10.7. The highest BCUT2D eigenvalue weighted by molar-refractivity contribution is 5.76. The molecule has 4 heteroatoms. The molecule has 2 heterocycles. The Balaban J connectivity index is 1.92. The zero-order valence-corrected chi connectivity index (χ0v) is 9.97. The zero-order valence-electron chi connectivity index (χ0n) is 9.97. The second-order valence-electron chi connectivity index (χ2n) is 4.92. The van der Waals surface area contributed by atoms with E-state index in [1.807, 2.05) is 6.07 Å². The van der Waals surface area contributed by atoms with Crippen LogP contribution < -0.4 is 5.73 Å². The Hall–Kier alpha value is -1.39. The number of benzene rings is 1. The lowest BCUT2D eigenvalue weighted by Gasteiger charge is -2.19. The lowest BCUT2D eigenvalue weighted by atomic mass is 9.99. The lowest BCUT2D eigenvalue weighted by molar-refractivity contribution is 0.314. The minimum Gasteiger partial charge on any atom is -0.356 e. The van der Waals surface area contributed by atoms with E-state index in [4.69, 9.17) is 10.3 Å². The van der Waals surface area contributed by atoms with Gasteiger partial charge in [0.2, 0.25) is 0 Å². The monoisotopic (exact) mass is 231 g/mol. The Morgan fingerprint density at radius 3 is 3.18 bits per heavy atom. The van der Waals surface area contributed by atoms with Crippen LogP contribution in [0.15, 0.2) is 28.9 Å². The zero-order chi connectivity index (χ0) is 11.8. The van der Waals surface area contributed by atoms with Crippen molar-refractivity contribution in [3.8, 4) is 0 Å². The molecule has 2 N–H and O–H groups in total. The highest BCUT2D eigenvalue weighted by atomic mass is 16.5. The molecular formula is C13H17N3O. The smallest absolute Gasteiger partial charge is 0.166 e. The normalized spacial score (nSPS) is 25.8. The van der Waals surface area contributed by atoms with Crippen LogP contribution >= 0.6 is 0 Å². The minimum atomic E-state index is 0.475. The van der Waals surface area contributed by atoms with Crippen LogP contribution in [0.3, 0.4) is 0 Å². The predicted octanol–water partition coefficient (Wildman–Crippen LogP) is 1.78. The summed E-state index contributed by atoms with van der Waals surface area (Å²) in [6.07, 6.45) is 2.91. The quantitative estimate of drug-likeness (QED) is 0.856. The maximum absolute atomic E-state index is 5.76. The second kappa shape index (κ2) is 4.13. The SMILES string of the molecule is CN1CC(CN)CC1c1ccc2oncc2c1. The van der Waals surface area contributed by atoms with Crippen molar-refractivity contribution in [2.45, 2.75) is 12.5 Å². The van der Waals surface area contributed by atoms with Crippen molar-refractivity contribution in [1.29, 1.82) is 0 Å². The van der Waals surface area contributed by atoms with Gasteiger partial charge in [0.15, 0.2) is 5.58 Å². The van der Waals surface area contributed by atoms with Crippen molar-refractivity contribution in [2.24, 2.45) is 11.7 Å². The fourth-order valence-electron chi connectivity index (χ4n) is 2.76. The summed E-state index contributed by atoms with van der Waals surface area (Å²) in [7, 11) is 2.16. The molecule has 1 aromatic heterocycles. The molecular weight excluding hydrogens is 214 g/mol. The number of fused-ring (bicyclic) bond motifs is 1. The van der Waals surface area contributed by atoms with Gasteiger partial charge in [0.1, 0.15) is 0 Å². The first-order chi connectivity index (χ1) is 8.28. The molecule has 1 aromatic carbocycles. The topological polar surface area (TPSA) is 55.3 Å². The van der Waals surface area contributed by atoms with E-state index in [0.717, 1.165) is 30.5 Å². The number of hydrogen-bond donors (Lipinski definition) is 1. The largest absolute Gasteiger partial charge is 0.356 e. The van der Waals surface area contributed by atoms with Crippen LogP contribution in [-0.2, 0) is 0 Å². The van der Waals surface area contributed by atoms with E-state index >= 15 is 0 Å². The molecule has 1 fully saturated rings. The molecule has 0 radical (unpaired) electrons. The Bertz CT molecular complexity index is 522. The molecule has 1 saturated heterocycles. The van der Waals surface area contributed by atoms with Gasteiger partial charge in [-0.25, -0.2) is 0 Å². The van der Waals surface area contributed by atoms with Crippen LogP contribution in [0.25, 0.3) is 11.0 Å². The molecule has 2 aromatic rings. The maximum Gasteiger partial charge on any atom is 0.166 e. The van der Waals surface area contributed by atoms with Gasteiger partial charge in [0, 0.05) is 18.0 Å². The van der Waals surface area contributed by atoms with Crippen LogP contribution in [-0.4, -0.2) is 30.2 Å². The van der Waals surface area contributed by atoms with Crippen molar-refractivity contribution in [2.75, 3.05) is 20.1 Å². The maximum atomic E-state index is 5.76. The molecule has 90 valence electrons. The van der Waals surface area contributed by atoms with Gasteiger partial charge in [-0.2, -0.15) is 0 Å². The molecule has 4 nitrogen and oxygen atoms in total. The van der Waals surface area contributed by atoms with E-state index in [-0.39, 0.29) is 0 Å². The first-order valence-electron chi connectivity index (χ1n) is 6.02. The van der Waals surface area contributed by atoms with Gasteiger partial charge in [-0.1, -0.05) is 11.2 Å². The third-order valence-corrected chi connectivity index (χ3v) is 3.73. The Labute approximate surface area is 100 Å². The predicted molar refractivity (Wildman–Crippen MR) is 66.5 cm³/mol. The van der Waals surface area contributed by atoms with Crippen LogP contribution in [0, 0.1) is 5.92 Å². The average Bonchev–Trinajstić information content (AvgIpc) is 2.93. The van der Waals surface area contributed by atoms with Gasteiger partial charge < -0.3 is 10.3 Å². The number of aromatic nitrogens is 1. The standard InChI is InChI=1S/C13H17N3O/c1-16-8-9(6-14)4-12(16)10-2-3-13-11(5-10)7-15-17-13/h2-3,5,7,9,12H,4,6,8,14H2,1H3. The van der Waals surface area contributed by atoms with Crippen LogP contribution in [0.5, 0.6) is 0 Å². The van der Waals surface area contributed by atoms with Crippen LogP contribution in [0.1, 0.15) is 18.0 Å². The summed E-state index contributed by atoms with van der Waals surface area (Å²) in [5.41, 5.74) is 7.94. The fourth-order valence-corrected chi connectivity index (χ4v) is 2.76. The summed E-state index contributed by atoms with van der Waals surface area (Å²) in [6.45, 7) is 1.86. The van der Waals surface area contributed by atoms with Gasteiger partial charge in [0.05, 0.1) is 6.20 Å². The van der Waals surface area contributed by atoms with Crippen molar-refractivity contribution in [3.05, 3.63) is 30.0 Å². The number of likely N-dealkylation sites (tertiary alicyclic amines) is 1. The summed E-state index contributed by atoms with van der Waals surface area (Å²) < 4.78 is 5.12. The second-order valence-corrected chi connectivity index (χ2v) is 4.92. The highest BCUT2D eigenvalue weighted by Gasteiger charge is 2.29. The van der Waals surface area contributed by atoms with E-state index in [2.05, 4.69) is 29.2 Å². The fraction of sp³-hybridized carbons (Fsp3) is 0.462. The third-order valence-electron chi connectivity index (χ3n) is 3.73. The Morgan fingerprint density at radius 1 is 1.53 bits per heavy atom. The highest BCUT2D eigenvalue weighted by Crippen LogP contribution is 2.34. The van der Waals surface area contributed by atoms with Crippen molar-refractivity contribution < 1.29 is 4.52 Å². The molecule has 0 aliphatic carbocycles. The minimum absolute atomic E-state index is 0.475. The Morgan fingerprint density at radius 2 is 2.41 bits per heavy atom. The Kier molecular flexibility index (Phi) is 2.61. The number of nitrogens with zero attached hydrogens (tertiary/aromatic N) is 2. The van der Waals surface area contributed by atoms with Crippen molar-refractivity contribution >= 4 is 11.0 Å². The van der Waals surface area contributed by atoms with E-state index in [9.17, 15) is 0 Å². The lowest BCUT2D eigenvalue weighted by Crippen LogP contribution is -2.20. The molecule has 1 aliphatic heterocycles. The molecule has 0 spiro atoms. The van der Waals surface area contributed by atoms with Gasteiger partial charge in [-0.15, -0.1) is 0 Å². The summed E-state index contributed by atoms with van der Waals surface area (Å²) >= 11 is 0. The average molecular weight is 231 g/mol. The molecule has 2 unspecified atom stereocenters. The molecule has 0 saturated carbocycles. The van der Waals surface area contributed by atoms with E-state index in [0.29, 0.717) is 12.0 Å². The third kappa shape index (κ3) is 1.83. The van der Waals surface area contributed by atoms with E-state index < -0.39 is 0 Å². The first-order valence-corrected chi connectivity index (χ1v) is 6.02. The number of nitrogens with two attached hydrogens (primary N) is 1. The summed E-state index contributed by atoms with van der Waals surface area (Å²) in [4.78, 5) is 2.38. The van der Waals surface area contributed by atoms with Gasteiger partial charge in [0.25, 0.3) is 0 Å². The van der Waals surface area contributed by atoms with E-state index in [1.54, 1.807) is 6.20 Å². The van der Waals surface area contributed by atoms with Crippen LogP contribution in [0.2, 0.25) is 0 Å². The summed E-state index contributed by atoms with van der Waals surface area (Å²) in [6, 6.07) is 6.78. The number of hydrogen-bond acceptors (Lipinski definition) is 4. The van der Waals surface area contributed by atoms with Gasteiger partial charge >= 0.3 is 0 Å². The molecule has 1 aliphatic rings. The number of rotatable bonds is 2. The van der Waals surface area contributed by atoms with Crippen LogP contribution in [0.4, 0.5) is 0 Å². The van der Waals surface area contributed by atoms with E-state index in [1.165, 1.54) is 5.56 Å². The molecule has 17 heavy (non-hydrogen) atoms.